The van der Waals surface area contributed by atoms with Crippen LogP contribution in [0.1, 0.15) is 31.8 Å². The van der Waals surface area contributed by atoms with Crippen LogP contribution in [0.4, 0.5) is 11.4 Å². The van der Waals surface area contributed by atoms with Gasteiger partial charge in [0.15, 0.2) is 11.6 Å². The minimum absolute atomic E-state index is 0.0712. The Morgan fingerprint density at radius 3 is 2.00 bits per heavy atom. The summed E-state index contributed by atoms with van der Waals surface area (Å²) < 4.78 is 0. The second-order valence-corrected chi connectivity index (χ2v) is 5.58. The van der Waals surface area contributed by atoms with Crippen molar-refractivity contribution in [3.63, 3.8) is 0 Å². The van der Waals surface area contributed by atoms with Crippen LogP contribution in [-0.2, 0) is 0 Å². The topological polar surface area (TPSA) is 66.4 Å². The molecule has 0 atom stereocenters. The molecule has 24 heavy (non-hydrogen) atoms. The van der Waals surface area contributed by atoms with Gasteiger partial charge in [-0.05, 0) is 24.3 Å². The van der Waals surface area contributed by atoms with Crippen molar-refractivity contribution >= 4 is 22.9 Å². The van der Waals surface area contributed by atoms with Crippen LogP contribution in [0.25, 0.3) is 0 Å². The summed E-state index contributed by atoms with van der Waals surface area (Å²) in [5.41, 5.74) is 2.24. The van der Waals surface area contributed by atoms with Gasteiger partial charge in [-0.3, -0.25) is 9.59 Å². The van der Waals surface area contributed by atoms with Gasteiger partial charge in [0.05, 0.1) is 11.3 Å². The monoisotopic (exact) mass is 315 g/mol. The number of benzene rings is 3. The summed E-state index contributed by atoms with van der Waals surface area (Å²) >= 11 is 0. The van der Waals surface area contributed by atoms with Gasteiger partial charge in [-0.25, -0.2) is 0 Å². The van der Waals surface area contributed by atoms with Gasteiger partial charge in [-0.1, -0.05) is 42.5 Å². The molecule has 0 saturated heterocycles. The number of carbonyl (C=O) groups excluding carboxylic acids is 2. The number of rotatable bonds is 2. The predicted octanol–water partition coefficient (Wildman–Crippen LogP) is 3.91. The van der Waals surface area contributed by atoms with Gasteiger partial charge < -0.3 is 10.4 Å². The molecule has 0 saturated carbocycles. The average molecular weight is 315 g/mol. The first kappa shape index (κ1) is 14.2. The molecule has 0 aromatic heterocycles. The van der Waals surface area contributed by atoms with Crippen molar-refractivity contribution < 1.29 is 14.7 Å². The molecule has 0 spiro atoms. The Kier molecular flexibility index (Phi) is 3.17. The molecular formula is C20H13NO3. The summed E-state index contributed by atoms with van der Waals surface area (Å²) in [5.74, 6) is -0.552. The minimum atomic E-state index is -0.269. The Bertz CT molecular complexity index is 977. The molecule has 116 valence electrons. The predicted molar refractivity (Wildman–Crippen MR) is 91.1 cm³/mol. The first-order valence-electron chi connectivity index (χ1n) is 7.53. The van der Waals surface area contributed by atoms with Crippen LogP contribution in [0.2, 0.25) is 0 Å². The molecule has 0 fully saturated rings. The maximum Gasteiger partial charge on any atom is 0.196 e. The molecule has 3 aromatic carbocycles. The van der Waals surface area contributed by atoms with E-state index >= 15 is 0 Å². The highest BCUT2D eigenvalue weighted by atomic mass is 16.3. The third-order valence-corrected chi connectivity index (χ3v) is 4.11. The molecule has 0 radical (unpaired) electrons. The molecule has 4 rings (SSSR count). The van der Waals surface area contributed by atoms with Crippen molar-refractivity contribution in [1.82, 2.24) is 0 Å². The first-order valence-corrected chi connectivity index (χ1v) is 7.53. The van der Waals surface area contributed by atoms with Gasteiger partial charge in [0, 0.05) is 22.4 Å². The summed E-state index contributed by atoms with van der Waals surface area (Å²) in [6, 6.07) is 18.9. The molecule has 2 N–H and O–H groups in total. The number of hydrogen-bond donors (Lipinski definition) is 2. The van der Waals surface area contributed by atoms with Gasteiger partial charge in [0.25, 0.3) is 0 Å². The van der Waals surface area contributed by atoms with E-state index in [1.165, 1.54) is 12.1 Å². The highest BCUT2D eigenvalue weighted by molar-refractivity contribution is 6.30. The summed E-state index contributed by atoms with van der Waals surface area (Å²) in [6.45, 7) is 0. The zero-order chi connectivity index (χ0) is 16.7. The molecule has 0 unspecified atom stereocenters. The van der Waals surface area contributed by atoms with Crippen molar-refractivity contribution in [2.45, 2.75) is 0 Å². The third kappa shape index (κ3) is 2.08. The smallest absolute Gasteiger partial charge is 0.196 e. The van der Waals surface area contributed by atoms with Gasteiger partial charge in [0.2, 0.25) is 0 Å². The standard InChI is InChI=1S/C20H13NO3/c22-16-11-10-15-17(18(16)21-12-6-2-1-3-7-12)20(24)14-9-5-4-8-13(14)19(15)23/h1-11,21-22H. The molecular weight excluding hydrogens is 302 g/mol. The van der Waals surface area contributed by atoms with E-state index in [0.29, 0.717) is 16.7 Å². The van der Waals surface area contributed by atoms with Crippen LogP contribution in [0.3, 0.4) is 0 Å². The van der Waals surface area contributed by atoms with Crippen LogP contribution in [-0.4, -0.2) is 16.7 Å². The van der Waals surface area contributed by atoms with E-state index in [0.717, 1.165) is 5.69 Å². The van der Waals surface area contributed by atoms with E-state index in [1.54, 1.807) is 24.3 Å². The lowest BCUT2D eigenvalue weighted by Crippen LogP contribution is -2.22. The summed E-state index contributed by atoms with van der Waals surface area (Å²) in [6.07, 6.45) is 0. The average Bonchev–Trinajstić information content (AvgIpc) is 2.62. The Balaban J connectivity index is 1.92. The zero-order valence-electron chi connectivity index (χ0n) is 12.6. The molecule has 4 heteroatoms. The number of ketones is 2. The normalized spacial score (nSPS) is 12.5. The summed E-state index contributed by atoms with van der Waals surface area (Å²) in [7, 11) is 0. The quantitative estimate of drug-likeness (QED) is 0.550. The number of carbonyl (C=O) groups is 2. The number of phenolic OH excluding ortho intramolecular Hbond substituents is 1. The van der Waals surface area contributed by atoms with E-state index < -0.39 is 0 Å². The molecule has 3 aromatic rings. The van der Waals surface area contributed by atoms with Crippen LogP contribution >= 0.6 is 0 Å². The molecule has 4 nitrogen and oxygen atoms in total. The largest absolute Gasteiger partial charge is 0.506 e. The Labute approximate surface area is 138 Å². The fourth-order valence-corrected chi connectivity index (χ4v) is 2.97. The number of para-hydroxylation sites is 1. The van der Waals surface area contributed by atoms with Crippen molar-refractivity contribution in [2.75, 3.05) is 5.32 Å². The van der Waals surface area contributed by atoms with E-state index in [2.05, 4.69) is 5.32 Å². The molecule has 0 bridgehead atoms. The molecule has 1 aliphatic carbocycles. The van der Waals surface area contributed by atoms with E-state index in [4.69, 9.17) is 0 Å². The molecule has 1 aliphatic rings. The van der Waals surface area contributed by atoms with Gasteiger partial charge in [-0.15, -0.1) is 0 Å². The summed E-state index contributed by atoms with van der Waals surface area (Å²) in [5, 5.41) is 13.3. The van der Waals surface area contributed by atoms with Crippen LogP contribution < -0.4 is 5.32 Å². The fourth-order valence-electron chi connectivity index (χ4n) is 2.97. The van der Waals surface area contributed by atoms with Crippen molar-refractivity contribution in [2.24, 2.45) is 0 Å². The SMILES string of the molecule is O=C1c2ccccc2C(=O)c2c1ccc(O)c2Nc1ccccc1. The van der Waals surface area contributed by atoms with Crippen LogP contribution in [0.5, 0.6) is 5.75 Å². The number of nitrogens with one attached hydrogen (secondary N) is 1. The Morgan fingerprint density at radius 1 is 0.667 bits per heavy atom. The zero-order valence-corrected chi connectivity index (χ0v) is 12.6. The number of phenols is 1. The second kappa shape index (κ2) is 5.35. The van der Waals surface area contributed by atoms with Crippen LogP contribution in [0.15, 0.2) is 66.7 Å². The number of hydrogen-bond acceptors (Lipinski definition) is 4. The summed E-state index contributed by atoms with van der Waals surface area (Å²) in [4.78, 5) is 25.6. The number of aromatic hydroxyl groups is 1. The lowest BCUT2D eigenvalue weighted by molar-refractivity contribution is 0.0979. The Hall–Kier alpha value is -3.40. The lowest BCUT2D eigenvalue weighted by Gasteiger charge is -2.21. The third-order valence-electron chi connectivity index (χ3n) is 4.11. The first-order chi connectivity index (χ1) is 11.7. The van der Waals surface area contributed by atoms with Crippen molar-refractivity contribution in [3.8, 4) is 5.75 Å². The fraction of sp³-hybridized carbons (Fsp3) is 0. The van der Waals surface area contributed by atoms with E-state index in [-0.39, 0.29) is 28.6 Å². The van der Waals surface area contributed by atoms with E-state index in [9.17, 15) is 14.7 Å². The molecule has 0 aliphatic heterocycles. The Morgan fingerprint density at radius 2 is 1.29 bits per heavy atom. The number of anilines is 2. The van der Waals surface area contributed by atoms with Crippen LogP contribution in [0, 0.1) is 0 Å². The lowest BCUT2D eigenvalue weighted by atomic mass is 9.83. The second-order valence-electron chi connectivity index (χ2n) is 5.58. The van der Waals surface area contributed by atoms with Gasteiger partial charge >= 0.3 is 0 Å². The highest BCUT2D eigenvalue weighted by Crippen LogP contribution is 2.38. The molecule has 0 amide bonds. The maximum atomic E-state index is 12.9. The van der Waals surface area contributed by atoms with Crippen molar-refractivity contribution in [1.29, 1.82) is 0 Å². The van der Waals surface area contributed by atoms with E-state index in [1.807, 2.05) is 30.3 Å². The molecule has 0 heterocycles. The van der Waals surface area contributed by atoms with Gasteiger partial charge in [-0.2, -0.15) is 0 Å². The maximum absolute atomic E-state index is 12.9. The number of fused-ring (bicyclic) bond motifs is 2. The van der Waals surface area contributed by atoms with Crippen molar-refractivity contribution in [3.05, 3.63) is 89.0 Å². The highest BCUT2D eigenvalue weighted by Gasteiger charge is 2.32. The van der Waals surface area contributed by atoms with Gasteiger partial charge in [0.1, 0.15) is 5.75 Å². The minimum Gasteiger partial charge on any atom is -0.506 e.